The molecule has 0 amide bonds. The van der Waals surface area contributed by atoms with E-state index in [9.17, 15) is 13.9 Å². The molecule has 5 aliphatic rings. The summed E-state index contributed by atoms with van der Waals surface area (Å²) < 4.78 is 35.3. The molecule has 202 valence electrons. The number of halogens is 2. The molecule has 4 aliphatic carbocycles. The van der Waals surface area contributed by atoms with E-state index < -0.39 is 12.0 Å². The first-order valence-electron chi connectivity index (χ1n) is 14.1. The van der Waals surface area contributed by atoms with E-state index in [0.717, 1.165) is 37.9 Å². The second-order valence-corrected chi connectivity index (χ2v) is 11.9. The van der Waals surface area contributed by atoms with E-state index in [1.54, 1.807) is 6.07 Å². The van der Waals surface area contributed by atoms with Crippen LogP contribution >= 0.6 is 0 Å². The van der Waals surface area contributed by atoms with Crippen molar-refractivity contribution in [2.45, 2.75) is 63.4 Å². The van der Waals surface area contributed by atoms with Gasteiger partial charge in [0.1, 0.15) is 17.5 Å². The fourth-order valence-electron chi connectivity index (χ4n) is 8.14. The number of rotatable bonds is 7. The molecule has 1 saturated heterocycles. The predicted octanol–water partition coefficient (Wildman–Crippen LogP) is 5.10. The minimum absolute atomic E-state index is 0.296. The smallest absolute Gasteiger partial charge is 0.296 e. The van der Waals surface area contributed by atoms with Crippen molar-refractivity contribution in [1.82, 2.24) is 19.5 Å². The van der Waals surface area contributed by atoms with Crippen LogP contribution in [0.4, 0.5) is 14.6 Å². The summed E-state index contributed by atoms with van der Waals surface area (Å²) in [4.78, 5) is 16.1. The molecule has 5 fully saturated rings. The van der Waals surface area contributed by atoms with Crippen molar-refractivity contribution in [3.8, 4) is 5.82 Å². The van der Waals surface area contributed by atoms with Crippen LogP contribution in [0.3, 0.4) is 0 Å². The summed E-state index contributed by atoms with van der Waals surface area (Å²) in [5.41, 5.74) is 0.736. The molecule has 38 heavy (non-hydrogen) atoms. The largest absolute Gasteiger partial charge is 0.390 e. The lowest BCUT2D eigenvalue weighted by atomic mass is 9.49. The van der Waals surface area contributed by atoms with Gasteiger partial charge in [0, 0.05) is 25.6 Å². The molecule has 2 aromatic heterocycles. The van der Waals surface area contributed by atoms with E-state index in [1.165, 1.54) is 17.4 Å². The predicted molar refractivity (Wildman–Crippen MR) is 140 cm³/mol. The Morgan fingerprint density at radius 3 is 2.47 bits per heavy atom. The van der Waals surface area contributed by atoms with Crippen LogP contribution < -0.4 is 4.90 Å². The Morgan fingerprint density at radius 2 is 1.74 bits per heavy atom. The number of aryl methyl sites for hydroxylation is 1. The van der Waals surface area contributed by atoms with Crippen molar-refractivity contribution >= 4 is 16.9 Å². The molecule has 1 N–H and O–H groups in total. The van der Waals surface area contributed by atoms with Gasteiger partial charge in [-0.3, -0.25) is 4.57 Å². The normalized spacial score (nSPS) is 30.6. The highest BCUT2D eigenvalue weighted by atomic mass is 19.3. The summed E-state index contributed by atoms with van der Waals surface area (Å²) in [6.45, 7) is 2.64. The van der Waals surface area contributed by atoms with Crippen molar-refractivity contribution in [3.05, 3.63) is 42.0 Å². The van der Waals surface area contributed by atoms with Crippen molar-refractivity contribution in [1.29, 1.82) is 0 Å². The lowest BCUT2D eigenvalue weighted by molar-refractivity contribution is -0.153. The molecule has 3 heterocycles. The Morgan fingerprint density at radius 1 is 1.00 bits per heavy atom. The minimum atomic E-state index is -2.72. The Bertz CT molecular complexity index is 1310. The maximum absolute atomic E-state index is 14.1. The fraction of sp³-hybridized carbons (Fsp3) is 0.621. The highest BCUT2D eigenvalue weighted by Gasteiger charge is 2.54. The lowest BCUT2D eigenvalue weighted by Gasteiger charge is -2.58. The number of benzene rings is 1. The van der Waals surface area contributed by atoms with E-state index in [2.05, 4.69) is 9.88 Å². The summed E-state index contributed by atoms with van der Waals surface area (Å²) >= 11 is 0. The molecular formula is C29H35F2N5O2. The number of ether oxygens (including phenoxy) is 1. The summed E-state index contributed by atoms with van der Waals surface area (Å²) in [5.74, 6) is 4.22. The van der Waals surface area contributed by atoms with Crippen LogP contribution in [0.15, 0.2) is 30.3 Å². The van der Waals surface area contributed by atoms with E-state index in [4.69, 9.17) is 14.7 Å². The Kier molecular flexibility index (Phi) is 6.11. The maximum atomic E-state index is 14.1. The molecule has 4 bridgehead atoms. The average molecular weight is 524 g/mol. The van der Waals surface area contributed by atoms with Crippen LogP contribution in [0.1, 0.15) is 63.0 Å². The molecule has 0 spiro atoms. The van der Waals surface area contributed by atoms with Crippen LogP contribution in [0.2, 0.25) is 0 Å². The molecule has 5 atom stereocenters. The summed E-state index contributed by atoms with van der Waals surface area (Å²) in [6.07, 6.45) is 5.49. The third-order valence-corrected chi connectivity index (χ3v) is 9.47. The number of para-hydroxylation sites is 2. The number of hydrogen-bond acceptors (Lipinski definition) is 6. The number of aliphatic hydroxyl groups is 1. The standard InChI is InChI=1S/C29H35F2N5O2/c30-27(31)28-32-22-5-1-2-6-23(22)36(28)26-14-25(35-8-10-38-11-9-35)33-24(34-26)7-3-4-21-19-12-18-13-20(21)17-29(37,15-18)16-19/h1-2,5-6,14,18-21,27,37H,3-4,7-13,15-17H2/t18?,19-,20+,21?,29?. The van der Waals surface area contributed by atoms with Gasteiger partial charge in [0.25, 0.3) is 6.43 Å². The lowest BCUT2D eigenvalue weighted by Crippen LogP contribution is -2.54. The third-order valence-electron chi connectivity index (χ3n) is 9.47. The van der Waals surface area contributed by atoms with E-state index in [-0.39, 0.29) is 5.82 Å². The van der Waals surface area contributed by atoms with Gasteiger partial charge < -0.3 is 14.7 Å². The number of hydrogen-bond donors (Lipinski definition) is 1. The Balaban J connectivity index is 1.18. The average Bonchev–Trinajstić information content (AvgIpc) is 3.30. The van der Waals surface area contributed by atoms with Crippen LogP contribution in [-0.4, -0.2) is 56.5 Å². The van der Waals surface area contributed by atoms with Crippen molar-refractivity contribution in [3.63, 3.8) is 0 Å². The van der Waals surface area contributed by atoms with Gasteiger partial charge in [0.05, 0.1) is 29.8 Å². The maximum Gasteiger partial charge on any atom is 0.296 e. The number of imidazole rings is 1. The highest BCUT2D eigenvalue weighted by Crippen LogP contribution is 2.59. The van der Waals surface area contributed by atoms with Crippen molar-refractivity contribution in [2.24, 2.45) is 23.7 Å². The van der Waals surface area contributed by atoms with Crippen LogP contribution in [0, 0.1) is 23.7 Å². The molecule has 4 saturated carbocycles. The molecule has 0 radical (unpaired) electrons. The van der Waals surface area contributed by atoms with E-state index in [1.807, 2.05) is 24.3 Å². The molecule has 1 aromatic carbocycles. The molecule has 1 aliphatic heterocycles. The molecular weight excluding hydrogens is 488 g/mol. The van der Waals surface area contributed by atoms with Gasteiger partial charge in [-0.1, -0.05) is 12.1 Å². The molecule has 3 unspecified atom stereocenters. The van der Waals surface area contributed by atoms with Gasteiger partial charge in [-0.05, 0) is 80.8 Å². The first kappa shape index (κ1) is 24.4. The summed E-state index contributed by atoms with van der Waals surface area (Å²) in [7, 11) is 0. The first-order chi connectivity index (χ1) is 18.5. The summed E-state index contributed by atoms with van der Waals surface area (Å²) in [6, 6.07) is 9.02. The highest BCUT2D eigenvalue weighted by molar-refractivity contribution is 5.78. The molecule has 7 nitrogen and oxygen atoms in total. The SMILES string of the molecule is OC12CC3C[C@H](C1)C(CCCc1nc(N4CCOCC4)cc(-n4c(C(F)F)nc5ccccc54)n1)[C@@H](C3)C2. The molecule has 3 aromatic rings. The van der Waals surface area contributed by atoms with E-state index >= 15 is 0 Å². The van der Waals surface area contributed by atoms with E-state index in [0.29, 0.717) is 79.1 Å². The number of nitrogens with zero attached hydrogens (tertiary/aromatic N) is 5. The minimum Gasteiger partial charge on any atom is -0.390 e. The zero-order valence-electron chi connectivity index (χ0n) is 21.6. The molecule has 9 heteroatoms. The van der Waals surface area contributed by atoms with Gasteiger partial charge >= 0.3 is 0 Å². The third kappa shape index (κ3) is 4.37. The summed E-state index contributed by atoms with van der Waals surface area (Å²) in [5, 5.41) is 10.9. The van der Waals surface area contributed by atoms with Gasteiger partial charge in [-0.2, -0.15) is 0 Å². The number of alkyl halides is 2. The van der Waals surface area contributed by atoms with Gasteiger partial charge in [-0.15, -0.1) is 0 Å². The fourth-order valence-corrected chi connectivity index (χ4v) is 8.14. The molecule has 8 rings (SSSR count). The van der Waals surface area contributed by atoms with Crippen LogP contribution in [0.5, 0.6) is 0 Å². The quantitative estimate of drug-likeness (QED) is 0.465. The van der Waals surface area contributed by atoms with Gasteiger partial charge in [-0.25, -0.2) is 23.7 Å². The van der Waals surface area contributed by atoms with Crippen molar-refractivity contribution in [2.75, 3.05) is 31.2 Å². The first-order valence-corrected chi connectivity index (χ1v) is 14.1. The zero-order valence-corrected chi connectivity index (χ0v) is 21.6. The van der Waals surface area contributed by atoms with Crippen LogP contribution in [-0.2, 0) is 11.2 Å². The number of morpholine rings is 1. The Hall–Kier alpha value is -2.65. The number of fused-ring (bicyclic) bond motifs is 1. The van der Waals surface area contributed by atoms with Gasteiger partial charge in [0.15, 0.2) is 5.82 Å². The number of aromatic nitrogens is 4. The Labute approximate surface area is 221 Å². The topological polar surface area (TPSA) is 76.3 Å². The zero-order chi connectivity index (χ0) is 25.9. The van der Waals surface area contributed by atoms with Crippen LogP contribution in [0.25, 0.3) is 16.9 Å². The van der Waals surface area contributed by atoms with Crippen molar-refractivity contribution < 1.29 is 18.6 Å². The van der Waals surface area contributed by atoms with Gasteiger partial charge in [0.2, 0.25) is 0 Å². The second kappa shape index (κ2) is 9.52. The number of anilines is 1. The second-order valence-electron chi connectivity index (χ2n) is 11.9. The monoisotopic (exact) mass is 523 g/mol.